The molecule has 0 saturated carbocycles. The Labute approximate surface area is 120 Å². The van der Waals surface area contributed by atoms with Crippen LogP contribution in [0.25, 0.3) is 0 Å². The number of nitrogens with one attached hydrogen (secondary N) is 1. The Bertz CT molecular complexity index is 492. The van der Waals surface area contributed by atoms with Gasteiger partial charge in [0.25, 0.3) is 11.6 Å². The van der Waals surface area contributed by atoms with Crippen LogP contribution in [0.4, 0.5) is 10.1 Å². The first-order valence-corrected chi connectivity index (χ1v) is 6.32. The SMILES string of the molecule is COCC(CCCl)NC(=O)c1cc(F)ccc1[N+](=O)[O-]. The molecule has 0 heterocycles. The van der Waals surface area contributed by atoms with Gasteiger partial charge in [-0.3, -0.25) is 14.9 Å². The van der Waals surface area contributed by atoms with Crippen LogP contribution in [-0.4, -0.2) is 36.5 Å². The van der Waals surface area contributed by atoms with E-state index in [1.54, 1.807) is 0 Å². The van der Waals surface area contributed by atoms with Crippen LogP contribution in [-0.2, 0) is 4.74 Å². The van der Waals surface area contributed by atoms with Crippen LogP contribution in [0.3, 0.4) is 0 Å². The summed E-state index contributed by atoms with van der Waals surface area (Å²) in [5, 5.41) is 13.4. The predicted molar refractivity (Wildman–Crippen MR) is 71.5 cm³/mol. The first-order valence-electron chi connectivity index (χ1n) is 5.79. The molecule has 20 heavy (non-hydrogen) atoms. The van der Waals surface area contributed by atoms with Crippen molar-refractivity contribution >= 4 is 23.2 Å². The maximum absolute atomic E-state index is 13.2. The van der Waals surface area contributed by atoms with Crippen LogP contribution < -0.4 is 5.32 Å². The molecule has 0 bridgehead atoms. The summed E-state index contributed by atoms with van der Waals surface area (Å²) in [6.45, 7) is 0.210. The number of hydrogen-bond acceptors (Lipinski definition) is 4. The van der Waals surface area contributed by atoms with E-state index in [9.17, 15) is 19.3 Å². The Hall–Kier alpha value is -1.73. The summed E-state index contributed by atoms with van der Waals surface area (Å²) in [6.07, 6.45) is 0.435. The van der Waals surface area contributed by atoms with Gasteiger partial charge in [-0.2, -0.15) is 0 Å². The maximum Gasteiger partial charge on any atom is 0.282 e. The lowest BCUT2D eigenvalue weighted by atomic mass is 10.1. The molecule has 6 nitrogen and oxygen atoms in total. The van der Waals surface area contributed by atoms with Gasteiger partial charge in [0.15, 0.2) is 0 Å². The standard InChI is InChI=1S/C12H14ClFN2O4/c1-20-7-9(4-5-13)15-12(17)10-6-8(14)2-3-11(10)16(18)19/h2-3,6,9H,4-5,7H2,1H3,(H,15,17). The number of nitro benzene ring substituents is 1. The van der Waals surface area contributed by atoms with Crippen LogP contribution in [0.15, 0.2) is 18.2 Å². The zero-order chi connectivity index (χ0) is 15.1. The number of carbonyl (C=O) groups is 1. The molecule has 0 radical (unpaired) electrons. The van der Waals surface area contributed by atoms with Gasteiger partial charge in [-0.05, 0) is 18.6 Å². The molecule has 1 atom stereocenters. The van der Waals surface area contributed by atoms with Crippen molar-refractivity contribution in [2.45, 2.75) is 12.5 Å². The molecule has 8 heteroatoms. The normalized spacial score (nSPS) is 11.9. The van der Waals surface area contributed by atoms with Crippen molar-refractivity contribution in [3.63, 3.8) is 0 Å². The molecule has 1 N–H and O–H groups in total. The number of rotatable bonds is 7. The van der Waals surface area contributed by atoms with Crippen LogP contribution in [0.2, 0.25) is 0 Å². The minimum absolute atomic E-state index is 0.210. The average molecular weight is 305 g/mol. The highest BCUT2D eigenvalue weighted by atomic mass is 35.5. The Balaban J connectivity index is 2.95. The summed E-state index contributed by atoms with van der Waals surface area (Å²) in [6, 6.07) is 2.32. The Morgan fingerprint density at radius 3 is 2.85 bits per heavy atom. The zero-order valence-electron chi connectivity index (χ0n) is 10.8. The van der Waals surface area contributed by atoms with E-state index in [0.29, 0.717) is 12.3 Å². The van der Waals surface area contributed by atoms with Crippen molar-refractivity contribution in [2.75, 3.05) is 19.6 Å². The van der Waals surface area contributed by atoms with E-state index in [4.69, 9.17) is 16.3 Å². The monoisotopic (exact) mass is 304 g/mol. The van der Waals surface area contributed by atoms with E-state index < -0.39 is 28.4 Å². The molecule has 0 saturated heterocycles. The van der Waals surface area contributed by atoms with E-state index >= 15 is 0 Å². The second kappa shape index (κ2) is 7.76. The highest BCUT2D eigenvalue weighted by molar-refractivity contribution is 6.17. The fourth-order valence-corrected chi connectivity index (χ4v) is 1.91. The van der Waals surface area contributed by atoms with Gasteiger partial charge >= 0.3 is 0 Å². The van der Waals surface area contributed by atoms with E-state index in [-0.39, 0.29) is 12.2 Å². The maximum atomic E-state index is 13.2. The Morgan fingerprint density at radius 1 is 1.60 bits per heavy atom. The van der Waals surface area contributed by atoms with Crippen molar-refractivity contribution in [1.82, 2.24) is 5.32 Å². The van der Waals surface area contributed by atoms with E-state index in [2.05, 4.69) is 5.32 Å². The fourth-order valence-electron chi connectivity index (χ4n) is 1.64. The number of nitrogens with zero attached hydrogens (tertiary/aromatic N) is 1. The van der Waals surface area contributed by atoms with Gasteiger partial charge in [0.1, 0.15) is 11.4 Å². The second-order valence-corrected chi connectivity index (χ2v) is 4.40. The van der Waals surface area contributed by atoms with Crippen LogP contribution >= 0.6 is 11.6 Å². The summed E-state index contributed by atoms with van der Waals surface area (Å²) in [5.74, 6) is -1.16. The molecule has 1 aromatic carbocycles. The van der Waals surface area contributed by atoms with E-state index in [1.807, 2.05) is 0 Å². The lowest BCUT2D eigenvalue weighted by molar-refractivity contribution is -0.385. The highest BCUT2D eigenvalue weighted by Crippen LogP contribution is 2.19. The molecule has 1 unspecified atom stereocenters. The number of ether oxygens (including phenoxy) is 1. The summed E-state index contributed by atoms with van der Waals surface area (Å²) in [4.78, 5) is 22.1. The summed E-state index contributed by atoms with van der Waals surface area (Å²) in [7, 11) is 1.46. The third kappa shape index (κ3) is 4.43. The van der Waals surface area contributed by atoms with Crippen molar-refractivity contribution in [3.8, 4) is 0 Å². The number of methoxy groups -OCH3 is 1. The number of hydrogen-bond donors (Lipinski definition) is 1. The topological polar surface area (TPSA) is 81.5 Å². The van der Waals surface area contributed by atoms with Crippen LogP contribution in [0.5, 0.6) is 0 Å². The molecule has 1 aromatic rings. The van der Waals surface area contributed by atoms with Crippen LogP contribution in [0, 0.1) is 15.9 Å². The van der Waals surface area contributed by atoms with Crippen molar-refractivity contribution in [3.05, 3.63) is 39.7 Å². The molecule has 0 aliphatic carbocycles. The average Bonchev–Trinajstić information content (AvgIpc) is 2.38. The first-order chi connectivity index (χ1) is 9.49. The minimum Gasteiger partial charge on any atom is -0.383 e. The number of amides is 1. The number of carbonyl (C=O) groups excluding carboxylic acids is 1. The molecule has 0 spiro atoms. The van der Waals surface area contributed by atoms with Gasteiger partial charge < -0.3 is 10.1 Å². The third-order valence-electron chi connectivity index (χ3n) is 2.56. The Morgan fingerprint density at radius 2 is 2.30 bits per heavy atom. The molecular weight excluding hydrogens is 291 g/mol. The predicted octanol–water partition coefficient (Wildman–Crippen LogP) is 2.11. The van der Waals surface area contributed by atoms with E-state index in [0.717, 1.165) is 18.2 Å². The second-order valence-electron chi connectivity index (χ2n) is 4.02. The van der Waals surface area contributed by atoms with Crippen molar-refractivity contribution in [2.24, 2.45) is 0 Å². The number of alkyl halides is 1. The molecular formula is C12H14ClFN2O4. The van der Waals surface area contributed by atoms with Crippen molar-refractivity contribution < 1.29 is 18.8 Å². The lowest BCUT2D eigenvalue weighted by Gasteiger charge is -2.16. The van der Waals surface area contributed by atoms with Gasteiger partial charge in [0, 0.05) is 19.1 Å². The number of benzene rings is 1. The minimum atomic E-state index is -0.735. The molecule has 110 valence electrons. The number of nitro groups is 1. The molecule has 0 aliphatic rings. The third-order valence-corrected chi connectivity index (χ3v) is 2.78. The van der Waals surface area contributed by atoms with Gasteiger partial charge in [-0.15, -0.1) is 11.6 Å². The molecule has 0 aromatic heterocycles. The molecule has 0 aliphatic heterocycles. The quantitative estimate of drug-likeness (QED) is 0.475. The highest BCUT2D eigenvalue weighted by Gasteiger charge is 2.22. The summed E-state index contributed by atoms with van der Waals surface area (Å²) < 4.78 is 18.1. The van der Waals surface area contributed by atoms with Crippen molar-refractivity contribution in [1.29, 1.82) is 0 Å². The van der Waals surface area contributed by atoms with E-state index in [1.165, 1.54) is 7.11 Å². The molecule has 1 amide bonds. The number of halogens is 2. The van der Waals surface area contributed by atoms with Gasteiger partial charge in [-0.25, -0.2) is 4.39 Å². The molecule has 1 rings (SSSR count). The summed E-state index contributed by atoms with van der Waals surface area (Å²) >= 11 is 5.59. The fraction of sp³-hybridized carbons (Fsp3) is 0.417. The van der Waals surface area contributed by atoms with Gasteiger partial charge in [-0.1, -0.05) is 0 Å². The lowest BCUT2D eigenvalue weighted by Crippen LogP contribution is -2.38. The molecule has 0 fully saturated rings. The first kappa shape index (κ1) is 16.3. The summed E-state index contributed by atoms with van der Waals surface area (Å²) in [5.41, 5.74) is -0.781. The smallest absolute Gasteiger partial charge is 0.282 e. The van der Waals surface area contributed by atoms with Crippen LogP contribution in [0.1, 0.15) is 16.8 Å². The zero-order valence-corrected chi connectivity index (χ0v) is 11.5. The van der Waals surface area contributed by atoms with Gasteiger partial charge in [0.2, 0.25) is 0 Å². The van der Waals surface area contributed by atoms with Gasteiger partial charge in [0.05, 0.1) is 17.6 Å². The largest absolute Gasteiger partial charge is 0.383 e. The Kier molecular flexibility index (Phi) is 6.33.